The van der Waals surface area contributed by atoms with E-state index in [-0.39, 0.29) is 23.9 Å². The molecule has 0 heterocycles. The van der Waals surface area contributed by atoms with Crippen LogP contribution in [0.1, 0.15) is 34.1 Å². The molecule has 0 saturated heterocycles. The van der Waals surface area contributed by atoms with Gasteiger partial charge < -0.3 is 9.84 Å². The predicted octanol–water partition coefficient (Wildman–Crippen LogP) is 3.80. The zero-order valence-electron chi connectivity index (χ0n) is 13.4. The standard InChI is InChI=1S/C18H26O2/c1-4-16-11-10-13(2)18(14(3)17(16)19)20-12-15-8-6-5-7-9-15/h5-11,13-14,16-19H,4,12H2,1-3H3/t13-,14+,16-,17+,18-/m0/s1/i1D. The van der Waals surface area contributed by atoms with Crippen LogP contribution in [0, 0.1) is 17.8 Å². The van der Waals surface area contributed by atoms with E-state index in [1.807, 2.05) is 18.2 Å². The molecule has 2 rings (SSSR count). The predicted molar refractivity (Wildman–Crippen MR) is 82.3 cm³/mol. The fraction of sp³-hybridized carbons (Fsp3) is 0.556. The van der Waals surface area contributed by atoms with Crippen LogP contribution >= 0.6 is 0 Å². The summed E-state index contributed by atoms with van der Waals surface area (Å²) in [5.74, 6) is 0.412. The fourth-order valence-electron chi connectivity index (χ4n) is 2.94. The van der Waals surface area contributed by atoms with E-state index >= 15 is 0 Å². The van der Waals surface area contributed by atoms with Crippen molar-refractivity contribution in [2.45, 2.75) is 46.0 Å². The summed E-state index contributed by atoms with van der Waals surface area (Å²) in [6.45, 7) is 5.12. The van der Waals surface area contributed by atoms with E-state index in [1.165, 1.54) is 0 Å². The summed E-state index contributed by atoms with van der Waals surface area (Å²) in [5, 5.41) is 10.5. The maximum Gasteiger partial charge on any atom is 0.0721 e. The van der Waals surface area contributed by atoms with Crippen LogP contribution in [-0.4, -0.2) is 17.3 Å². The van der Waals surface area contributed by atoms with Crippen LogP contribution in [0.25, 0.3) is 0 Å². The molecule has 1 aromatic carbocycles. The second kappa shape index (κ2) is 7.05. The van der Waals surface area contributed by atoms with E-state index in [0.29, 0.717) is 19.9 Å². The summed E-state index contributed by atoms with van der Waals surface area (Å²) in [7, 11) is 0. The molecule has 1 aromatic rings. The molecule has 0 unspecified atom stereocenters. The Morgan fingerprint density at radius 3 is 2.65 bits per heavy atom. The van der Waals surface area contributed by atoms with Gasteiger partial charge in [-0.1, -0.05) is 63.2 Å². The molecule has 0 aliphatic heterocycles. The average molecular weight is 275 g/mol. The van der Waals surface area contributed by atoms with Gasteiger partial charge in [0.15, 0.2) is 0 Å². The summed E-state index contributed by atoms with van der Waals surface area (Å²) in [5.41, 5.74) is 1.15. The maximum absolute atomic E-state index is 10.5. The highest BCUT2D eigenvalue weighted by Crippen LogP contribution is 2.31. The molecular formula is C18H26O2. The maximum atomic E-state index is 10.5. The van der Waals surface area contributed by atoms with E-state index in [4.69, 9.17) is 6.11 Å². The first-order valence-electron chi connectivity index (χ1n) is 8.15. The van der Waals surface area contributed by atoms with Gasteiger partial charge in [-0.15, -0.1) is 0 Å². The molecule has 2 heteroatoms. The number of hydrogen-bond acceptors (Lipinski definition) is 2. The van der Waals surface area contributed by atoms with Crippen molar-refractivity contribution in [2.75, 3.05) is 0 Å². The van der Waals surface area contributed by atoms with E-state index in [2.05, 4.69) is 38.1 Å². The van der Waals surface area contributed by atoms with Crippen molar-refractivity contribution in [1.82, 2.24) is 0 Å². The number of benzene rings is 1. The number of aliphatic hydroxyl groups is 1. The molecule has 1 N–H and O–H groups in total. The molecule has 20 heavy (non-hydrogen) atoms. The Balaban J connectivity index is 2.03. The summed E-state index contributed by atoms with van der Waals surface area (Å²) in [4.78, 5) is 0. The van der Waals surface area contributed by atoms with E-state index < -0.39 is 6.10 Å². The van der Waals surface area contributed by atoms with Crippen molar-refractivity contribution in [3.8, 4) is 0 Å². The molecule has 0 saturated carbocycles. The van der Waals surface area contributed by atoms with Crippen LogP contribution in [0.4, 0.5) is 0 Å². The van der Waals surface area contributed by atoms with Gasteiger partial charge in [0.2, 0.25) is 0 Å². The van der Waals surface area contributed by atoms with E-state index in [9.17, 15) is 5.11 Å². The molecule has 0 amide bonds. The number of hydrogen-bond donors (Lipinski definition) is 1. The van der Waals surface area contributed by atoms with Crippen LogP contribution in [0.2, 0.25) is 0 Å². The summed E-state index contributed by atoms with van der Waals surface area (Å²) in [6, 6.07) is 10.1. The van der Waals surface area contributed by atoms with Gasteiger partial charge in [-0.2, -0.15) is 0 Å². The Kier molecular flexibility index (Phi) is 4.88. The number of ether oxygens (including phenoxy) is 1. The quantitative estimate of drug-likeness (QED) is 0.847. The van der Waals surface area contributed by atoms with Crippen molar-refractivity contribution in [1.29, 1.82) is 0 Å². The van der Waals surface area contributed by atoms with Gasteiger partial charge in [0, 0.05) is 19.1 Å². The minimum Gasteiger partial charge on any atom is -0.392 e. The zero-order valence-corrected chi connectivity index (χ0v) is 12.4. The third kappa shape index (κ3) is 3.50. The highest BCUT2D eigenvalue weighted by molar-refractivity contribution is 5.13. The molecule has 1 aliphatic rings. The first-order valence-corrected chi connectivity index (χ1v) is 7.44. The third-order valence-corrected chi connectivity index (χ3v) is 4.29. The minimum absolute atomic E-state index is 0.00666. The lowest BCUT2D eigenvalue weighted by Gasteiger charge is -2.31. The Morgan fingerprint density at radius 2 is 1.95 bits per heavy atom. The lowest BCUT2D eigenvalue weighted by molar-refractivity contribution is -0.0615. The van der Waals surface area contributed by atoms with Crippen LogP contribution < -0.4 is 0 Å². The molecule has 0 fully saturated rings. The second-order valence-corrected chi connectivity index (χ2v) is 5.81. The monoisotopic (exact) mass is 275 g/mol. The molecule has 2 nitrogen and oxygen atoms in total. The van der Waals surface area contributed by atoms with Crippen molar-refractivity contribution < 1.29 is 11.2 Å². The highest BCUT2D eigenvalue weighted by atomic mass is 16.5. The Labute approximate surface area is 123 Å². The SMILES string of the molecule is [2H]CC[C@H]1C=C[C@H](C)[C@H](OCc2ccccc2)[C@H](C)[C@H]1O. The van der Waals surface area contributed by atoms with Gasteiger partial charge in [-0.3, -0.25) is 0 Å². The Bertz CT molecular complexity index is 446. The second-order valence-electron chi connectivity index (χ2n) is 5.81. The van der Waals surface area contributed by atoms with Crippen molar-refractivity contribution in [2.24, 2.45) is 17.8 Å². The minimum atomic E-state index is -0.433. The van der Waals surface area contributed by atoms with Crippen molar-refractivity contribution >= 4 is 0 Å². The molecule has 5 atom stereocenters. The van der Waals surface area contributed by atoms with Gasteiger partial charge in [0.25, 0.3) is 0 Å². The van der Waals surface area contributed by atoms with Gasteiger partial charge in [0.1, 0.15) is 0 Å². The molecule has 0 radical (unpaired) electrons. The molecule has 0 aromatic heterocycles. The zero-order chi connectivity index (χ0) is 15.2. The van der Waals surface area contributed by atoms with E-state index in [1.54, 1.807) is 0 Å². The molecule has 110 valence electrons. The molecular weight excluding hydrogens is 248 g/mol. The average Bonchev–Trinajstić information content (AvgIpc) is 2.60. The highest BCUT2D eigenvalue weighted by Gasteiger charge is 2.34. The molecule has 0 spiro atoms. The van der Waals surface area contributed by atoms with Gasteiger partial charge in [-0.05, 0) is 12.0 Å². The topological polar surface area (TPSA) is 29.5 Å². The Morgan fingerprint density at radius 1 is 1.20 bits per heavy atom. The lowest BCUT2D eigenvalue weighted by atomic mass is 9.86. The summed E-state index contributed by atoms with van der Waals surface area (Å²) in [6.07, 6.45) is 4.50. The van der Waals surface area contributed by atoms with Crippen LogP contribution in [0.15, 0.2) is 42.5 Å². The summed E-state index contributed by atoms with van der Waals surface area (Å²) >= 11 is 0. The van der Waals surface area contributed by atoms with Gasteiger partial charge in [-0.25, -0.2) is 0 Å². The number of rotatable bonds is 4. The van der Waals surface area contributed by atoms with Gasteiger partial charge >= 0.3 is 0 Å². The fourth-order valence-corrected chi connectivity index (χ4v) is 2.94. The molecule has 1 aliphatic carbocycles. The molecule has 0 bridgehead atoms. The van der Waals surface area contributed by atoms with E-state index in [0.717, 1.165) is 5.56 Å². The van der Waals surface area contributed by atoms with Crippen LogP contribution in [0.3, 0.4) is 0 Å². The smallest absolute Gasteiger partial charge is 0.0721 e. The Hall–Kier alpha value is -1.12. The normalized spacial score (nSPS) is 34.5. The van der Waals surface area contributed by atoms with Crippen molar-refractivity contribution in [3.05, 3.63) is 48.0 Å². The van der Waals surface area contributed by atoms with Gasteiger partial charge in [0.05, 0.1) is 18.8 Å². The first-order chi connectivity index (χ1) is 10.1. The number of aliphatic hydroxyl groups excluding tert-OH is 1. The van der Waals surface area contributed by atoms with Crippen LogP contribution in [0.5, 0.6) is 0 Å². The lowest BCUT2D eigenvalue weighted by Crippen LogP contribution is -2.37. The van der Waals surface area contributed by atoms with Crippen LogP contribution in [-0.2, 0) is 11.3 Å². The first kappa shape index (κ1) is 13.8. The third-order valence-electron chi connectivity index (χ3n) is 4.29. The van der Waals surface area contributed by atoms with Crippen molar-refractivity contribution in [3.63, 3.8) is 0 Å². The largest absolute Gasteiger partial charge is 0.392 e. The summed E-state index contributed by atoms with van der Waals surface area (Å²) < 4.78 is 13.5.